The number of hydrogen-bond acceptors (Lipinski definition) is 4. The van der Waals surface area contributed by atoms with Crippen LogP contribution in [-0.2, 0) is 11.3 Å². The van der Waals surface area contributed by atoms with Gasteiger partial charge in [-0.15, -0.1) is 0 Å². The van der Waals surface area contributed by atoms with Crippen LogP contribution in [0.25, 0.3) is 0 Å². The van der Waals surface area contributed by atoms with Crippen molar-refractivity contribution in [1.82, 2.24) is 19.6 Å². The average Bonchev–Trinajstić information content (AvgIpc) is 3.45. The molecule has 3 fully saturated rings. The van der Waals surface area contributed by atoms with Gasteiger partial charge in [0, 0.05) is 50.1 Å². The first-order chi connectivity index (χ1) is 13.7. The van der Waals surface area contributed by atoms with Gasteiger partial charge < -0.3 is 9.64 Å². The molecule has 5 heteroatoms. The van der Waals surface area contributed by atoms with Crippen molar-refractivity contribution in [1.29, 1.82) is 0 Å². The first-order valence-electron chi connectivity index (χ1n) is 11.8. The van der Waals surface area contributed by atoms with Crippen LogP contribution < -0.4 is 0 Å². The van der Waals surface area contributed by atoms with E-state index >= 15 is 0 Å². The summed E-state index contributed by atoms with van der Waals surface area (Å²) in [7, 11) is 0. The van der Waals surface area contributed by atoms with Gasteiger partial charge in [-0.3, -0.25) is 9.58 Å². The minimum atomic E-state index is 0.429. The molecule has 3 heterocycles. The maximum absolute atomic E-state index is 5.97. The molecule has 1 saturated carbocycles. The Morgan fingerprint density at radius 3 is 2.50 bits per heavy atom. The molecule has 3 aliphatic rings. The van der Waals surface area contributed by atoms with Gasteiger partial charge in [-0.2, -0.15) is 5.10 Å². The van der Waals surface area contributed by atoms with Crippen molar-refractivity contribution in [3.05, 3.63) is 18.0 Å². The smallest absolute Gasteiger partial charge is 0.0702 e. The minimum absolute atomic E-state index is 0.429. The second-order valence-corrected chi connectivity index (χ2v) is 9.67. The van der Waals surface area contributed by atoms with Crippen LogP contribution in [0.4, 0.5) is 0 Å². The highest BCUT2D eigenvalue weighted by Crippen LogP contribution is 2.28. The Labute approximate surface area is 171 Å². The summed E-state index contributed by atoms with van der Waals surface area (Å²) in [6.45, 7) is 11.3. The Hall–Kier alpha value is -0.910. The summed E-state index contributed by atoms with van der Waals surface area (Å²) in [6.07, 6.45) is 15.7. The summed E-state index contributed by atoms with van der Waals surface area (Å²) in [5.41, 5.74) is 1.34. The van der Waals surface area contributed by atoms with E-state index in [2.05, 4.69) is 45.8 Å². The third-order valence-corrected chi connectivity index (χ3v) is 7.08. The first kappa shape index (κ1) is 20.4. The van der Waals surface area contributed by atoms with Crippen LogP contribution >= 0.6 is 0 Å². The molecule has 1 atom stereocenters. The zero-order chi connectivity index (χ0) is 19.3. The van der Waals surface area contributed by atoms with E-state index in [0.717, 1.165) is 31.7 Å². The largest absolute Gasteiger partial charge is 0.377 e. The van der Waals surface area contributed by atoms with Gasteiger partial charge >= 0.3 is 0 Å². The summed E-state index contributed by atoms with van der Waals surface area (Å²) in [5, 5.41) is 4.55. The molecule has 2 aliphatic heterocycles. The highest BCUT2D eigenvalue weighted by Gasteiger charge is 2.29. The van der Waals surface area contributed by atoms with Crippen molar-refractivity contribution < 1.29 is 4.74 Å². The van der Waals surface area contributed by atoms with E-state index in [9.17, 15) is 0 Å². The van der Waals surface area contributed by atoms with E-state index < -0.39 is 0 Å². The molecule has 1 unspecified atom stereocenters. The second-order valence-electron chi connectivity index (χ2n) is 9.67. The van der Waals surface area contributed by atoms with Crippen LogP contribution in [0, 0.1) is 5.92 Å². The average molecular weight is 389 g/mol. The van der Waals surface area contributed by atoms with Crippen LogP contribution in [0.15, 0.2) is 12.4 Å². The molecular formula is C23H40N4O. The molecule has 158 valence electrons. The van der Waals surface area contributed by atoms with Crippen LogP contribution in [0.2, 0.25) is 0 Å². The summed E-state index contributed by atoms with van der Waals surface area (Å²) in [6, 6.07) is 1.33. The van der Waals surface area contributed by atoms with Gasteiger partial charge in [0.15, 0.2) is 0 Å². The van der Waals surface area contributed by atoms with Crippen LogP contribution in [0.5, 0.6) is 0 Å². The van der Waals surface area contributed by atoms with Gasteiger partial charge in [0.25, 0.3) is 0 Å². The number of rotatable bonds is 8. The van der Waals surface area contributed by atoms with Gasteiger partial charge in [0.05, 0.1) is 12.3 Å². The molecule has 0 spiro atoms. The lowest BCUT2D eigenvalue weighted by Crippen LogP contribution is -2.43. The molecule has 4 rings (SSSR count). The lowest BCUT2D eigenvalue weighted by atomic mass is 9.94. The maximum atomic E-state index is 5.97. The normalized spacial score (nSPS) is 25.5. The van der Waals surface area contributed by atoms with Crippen LogP contribution in [-0.4, -0.2) is 64.5 Å². The van der Waals surface area contributed by atoms with Gasteiger partial charge in [0.1, 0.15) is 0 Å². The summed E-state index contributed by atoms with van der Waals surface area (Å²) < 4.78 is 8.05. The summed E-state index contributed by atoms with van der Waals surface area (Å²) in [4.78, 5) is 5.45. The van der Waals surface area contributed by atoms with E-state index in [0.29, 0.717) is 12.1 Å². The standard InChI is InChI=1S/C23H40N4O/c1-19(2)27-17-21(14-24-27)16-25(18-23-8-5-13-28-23)15-20-9-11-26(12-10-20)22-6-3-4-7-22/h14,17,19-20,22-23H,3-13,15-16,18H2,1-2H3. The summed E-state index contributed by atoms with van der Waals surface area (Å²) in [5.74, 6) is 0.833. The lowest BCUT2D eigenvalue weighted by molar-refractivity contribution is 0.0540. The molecule has 0 radical (unpaired) electrons. The highest BCUT2D eigenvalue weighted by atomic mass is 16.5. The highest BCUT2D eigenvalue weighted by molar-refractivity contribution is 5.04. The zero-order valence-electron chi connectivity index (χ0n) is 18.1. The molecule has 5 nitrogen and oxygen atoms in total. The monoisotopic (exact) mass is 388 g/mol. The maximum Gasteiger partial charge on any atom is 0.0702 e. The van der Waals surface area contributed by atoms with E-state index in [1.54, 1.807) is 0 Å². The van der Waals surface area contributed by atoms with Crippen molar-refractivity contribution in [2.75, 3.05) is 32.8 Å². The fourth-order valence-corrected chi connectivity index (χ4v) is 5.41. The Balaban J connectivity index is 1.32. The van der Waals surface area contributed by atoms with E-state index in [-0.39, 0.29) is 0 Å². The molecule has 2 saturated heterocycles. The Kier molecular flexibility index (Phi) is 7.08. The molecule has 0 aromatic carbocycles. The van der Waals surface area contributed by atoms with E-state index in [1.807, 2.05) is 0 Å². The Morgan fingerprint density at radius 2 is 1.86 bits per heavy atom. The molecular weight excluding hydrogens is 348 g/mol. The number of piperidine rings is 1. The van der Waals surface area contributed by atoms with Crippen molar-refractivity contribution in [2.45, 2.75) is 89.9 Å². The molecule has 1 aliphatic carbocycles. The number of nitrogens with zero attached hydrogens (tertiary/aromatic N) is 4. The number of ether oxygens (including phenoxy) is 1. The molecule has 1 aromatic heterocycles. The lowest BCUT2D eigenvalue weighted by Gasteiger charge is -2.38. The topological polar surface area (TPSA) is 33.5 Å². The first-order valence-corrected chi connectivity index (χ1v) is 11.8. The van der Waals surface area contributed by atoms with Crippen molar-refractivity contribution in [3.63, 3.8) is 0 Å². The number of likely N-dealkylation sites (tertiary alicyclic amines) is 1. The predicted molar refractivity (Wildman–Crippen MR) is 113 cm³/mol. The van der Waals surface area contributed by atoms with E-state index in [1.165, 1.54) is 76.6 Å². The number of aromatic nitrogens is 2. The fraction of sp³-hybridized carbons (Fsp3) is 0.870. The van der Waals surface area contributed by atoms with Gasteiger partial charge in [0.2, 0.25) is 0 Å². The van der Waals surface area contributed by atoms with Gasteiger partial charge in [-0.05, 0) is 71.4 Å². The Morgan fingerprint density at radius 1 is 1.07 bits per heavy atom. The third-order valence-electron chi connectivity index (χ3n) is 7.08. The quantitative estimate of drug-likeness (QED) is 0.671. The summed E-state index contributed by atoms with van der Waals surface area (Å²) >= 11 is 0. The molecule has 1 aromatic rings. The van der Waals surface area contributed by atoms with Crippen LogP contribution in [0.3, 0.4) is 0 Å². The van der Waals surface area contributed by atoms with Crippen LogP contribution in [0.1, 0.15) is 76.8 Å². The van der Waals surface area contributed by atoms with Crippen molar-refractivity contribution >= 4 is 0 Å². The van der Waals surface area contributed by atoms with E-state index in [4.69, 9.17) is 4.74 Å². The van der Waals surface area contributed by atoms with Gasteiger partial charge in [-0.1, -0.05) is 12.8 Å². The fourth-order valence-electron chi connectivity index (χ4n) is 5.41. The predicted octanol–water partition coefficient (Wildman–Crippen LogP) is 4.10. The van der Waals surface area contributed by atoms with Crippen molar-refractivity contribution in [2.24, 2.45) is 5.92 Å². The Bertz CT molecular complexity index is 581. The second kappa shape index (κ2) is 9.73. The van der Waals surface area contributed by atoms with Gasteiger partial charge in [-0.25, -0.2) is 0 Å². The van der Waals surface area contributed by atoms with Crippen molar-refractivity contribution in [3.8, 4) is 0 Å². The molecule has 0 amide bonds. The third kappa shape index (κ3) is 5.37. The molecule has 0 N–H and O–H groups in total. The molecule has 28 heavy (non-hydrogen) atoms. The minimum Gasteiger partial charge on any atom is -0.377 e. The number of hydrogen-bond donors (Lipinski definition) is 0. The SMILES string of the molecule is CC(C)n1cc(CN(CC2CCN(C3CCCC3)CC2)CC2CCCO2)cn1. The molecule has 0 bridgehead atoms. The zero-order valence-corrected chi connectivity index (χ0v) is 18.1.